The van der Waals surface area contributed by atoms with E-state index in [0.717, 1.165) is 24.1 Å². The molecule has 0 aromatic carbocycles. The summed E-state index contributed by atoms with van der Waals surface area (Å²) < 4.78 is 1.80. The molecule has 19 heavy (non-hydrogen) atoms. The maximum absolute atomic E-state index is 9.44. The van der Waals surface area contributed by atoms with Crippen molar-refractivity contribution in [2.45, 2.75) is 38.6 Å². The van der Waals surface area contributed by atoms with Gasteiger partial charge in [-0.2, -0.15) is 4.98 Å². The molecule has 2 aromatic rings. The molecule has 2 aromatic heterocycles. The van der Waals surface area contributed by atoms with Crippen molar-refractivity contribution >= 4 is 11.6 Å². The van der Waals surface area contributed by atoms with Gasteiger partial charge in [0, 0.05) is 24.8 Å². The standard InChI is InChI=1S/C14H20N4O/c1-10-5-4-8-18-13(10)16-14(17-18)15-12-7-3-2-6-11(12)9-19/h4-5,8,11-12,19H,2-3,6-7,9H2,1H3,(H,15,17). The summed E-state index contributed by atoms with van der Waals surface area (Å²) in [6.45, 7) is 2.27. The van der Waals surface area contributed by atoms with E-state index >= 15 is 0 Å². The number of hydrogen-bond donors (Lipinski definition) is 2. The van der Waals surface area contributed by atoms with Gasteiger partial charge in [-0.1, -0.05) is 18.9 Å². The van der Waals surface area contributed by atoms with Gasteiger partial charge < -0.3 is 10.4 Å². The first-order valence-corrected chi connectivity index (χ1v) is 6.97. The van der Waals surface area contributed by atoms with Gasteiger partial charge in [-0.05, 0) is 31.4 Å². The van der Waals surface area contributed by atoms with E-state index in [4.69, 9.17) is 0 Å². The number of anilines is 1. The van der Waals surface area contributed by atoms with Crippen LogP contribution in [0.1, 0.15) is 31.2 Å². The molecule has 0 aliphatic heterocycles. The molecule has 0 amide bonds. The van der Waals surface area contributed by atoms with Crippen LogP contribution in [-0.4, -0.2) is 32.4 Å². The van der Waals surface area contributed by atoms with Crippen LogP contribution in [-0.2, 0) is 0 Å². The van der Waals surface area contributed by atoms with Gasteiger partial charge in [-0.15, -0.1) is 5.10 Å². The predicted octanol–water partition coefficient (Wildman–Crippen LogP) is 2.00. The highest BCUT2D eigenvalue weighted by atomic mass is 16.3. The molecule has 2 atom stereocenters. The maximum Gasteiger partial charge on any atom is 0.243 e. The van der Waals surface area contributed by atoms with Crippen molar-refractivity contribution in [2.75, 3.05) is 11.9 Å². The molecule has 2 N–H and O–H groups in total. The maximum atomic E-state index is 9.44. The summed E-state index contributed by atoms with van der Waals surface area (Å²) in [4.78, 5) is 4.53. The molecule has 2 unspecified atom stereocenters. The van der Waals surface area contributed by atoms with Gasteiger partial charge >= 0.3 is 0 Å². The van der Waals surface area contributed by atoms with Crippen LogP contribution in [0.15, 0.2) is 18.3 Å². The molecule has 2 heterocycles. The van der Waals surface area contributed by atoms with Gasteiger partial charge in [0.1, 0.15) is 0 Å². The lowest BCUT2D eigenvalue weighted by atomic mass is 9.85. The molecule has 0 saturated heterocycles. The Labute approximate surface area is 112 Å². The second-order valence-corrected chi connectivity index (χ2v) is 5.37. The first-order chi connectivity index (χ1) is 9.28. The zero-order valence-corrected chi connectivity index (χ0v) is 11.2. The second kappa shape index (κ2) is 5.17. The Hall–Kier alpha value is -1.62. The lowest BCUT2D eigenvalue weighted by molar-refractivity contribution is 0.178. The van der Waals surface area contributed by atoms with Crippen molar-refractivity contribution in [1.82, 2.24) is 14.6 Å². The SMILES string of the molecule is Cc1cccn2nc(NC3CCCCC3CO)nc12. The fraction of sp³-hybridized carbons (Fsp3) is 0.571. The van der Waals surface area contributed by atoms with E-state index in [2.05, 4.69) is 15.4 Å². The van der Waals surface area contributed by atoms with Crippen molar-refractivity contribution in [2.24, 2.45) is 5.92 Å². The van der Waals surface area contributed by atoms with E-state index in [-0.39, 0.29) is 12.6 Å². The zero-order valence-electron chi connectivity index (χ0n) is 11.2. The number of nitrogens with zero attached hydrogens (tertiary/aromatic N) is 3. The van der Waals surface area contributed by atoms with Crippen LogP contribution in [0.4, 0.5) is 5.95 Å². The van der Waals surface area contributed by atoms with E-state index < -0.39 is 0 Å². The van der Waals surface area contributed by atoms with Crippen molar-refractivity contribution in [1.29, 1.82) is 0 Å². The highest BCUT2D eigenvalue weighted by Gasteiger charge is 2.25. The number of aliphatic hydroxyl groups is 1. The van der Waals surface area contributed by atoms with Gasteiger partial charge in [0.15, 0.2) is 5.65 Å². The molecule has 0 spiro atoms. The van der Waals surface area contributed by atoms with Gasteiger partial charge in [0.2, 0.25) is 5.95 Å². The Morgan fingerprint density at radius 3 is 3.05 bits per heavy atom. The number of aryl methyl sites for hydroxylation is 1. The quantitative estimate of drug-likeness (QED) is 0.886. The van der Waals surface area contributed by atoms with Crippen molar-refractivity contribution < 1.29 is 5.11 Å². The van der Waals surface area contributed by atoms with Crippen molar-refractivity contribution in [3.63, 3.8) is 0 Å². The summed E-state index contributed by atoms with van der Waals surface area (Å²) in [6.07, 6.45) is 6.49. The molecule has 1 fully saturated rings. The average Bonchev–Trinajstić information content (AvgIpc) is 2.83. The Balaban J connectivity index is 1.82. The van der Waals surface area contributed by atoms with Crippen molar-refractivity contribution in [3.8, 4) is 0 Å². The summed E-state index contributed by atoms with van der Waals surface area (Å²) in [5.74, 6) is 0.987. The minimum Gasteiger partial charge on any atom is -0.396 e. The second-order valence-electron chi connectivity index (χ2n) is 5.37. The molecule has 1 saturated carbocycles. The Kier molecular flexibility index (Phi) is 3.38. The van der Waals surface area contributed by atoms with Crippen LogP contribution in [0.2, 0.25) is 0 Å². The normalized spacial score (nSPS) is 23.7. The summed E-state index contributed by atoms with van der Waals surface area (Å²) in [6, 6.07) is 4.29. The summed E-state index contributed by atoms with van der Waals surface area (Å²) in [7, 11) is 0. The van der Waals surface area contributed by atoms with Crippen LogP contribution in [0.25, 0.3) is 5.65 Å². The van der Waals surface area contributed by atoms with Crippen LogP contribution in [0.3, 0.4) is 0 Å². The number of aromatic nitrogens is 3. The van der Waals surface area contributed by atoms with Gasteiger partial charge in [0.25, 0.3) is 0 Å². The molecular weight excluding hydrogens is 240 g/mol. The Bertz CT molecular complexity index is 566. The van der Waals surface area contributed by atoms with E-state index in [9.17, 15) is 5.11 Å². The monoisotopic (exact) mass is 260 g/mol. The molecule has 5 nitrogen and oxygen atoms in total. The van der Waals surface area contributed by atoms with Crippen LogP contribution >= 0.6 is 0 Å². The van der Waals surface area contributed by atoms with Gasteiger partial charge in [-0.3, -0.25) is 0 Å². The van der Waals surface area contributed by atoms with E-state index in [1.54, 1.807) is 4.52 Å². The summed E-state index contributed by atoms with van der Waals surface area (Å²) >= 11 is 0. The fourth-order valence-electron chi connectivity index (χ4n) is 2.88. The van der Waals surface area contributed by atoms with E-state index in [1.807, 2.05) is 25.3 Å². The highest BCUT2D eigenvalue weighted by Crippen LogP contribution is 2.26. The number of rotatable bonds is 3. The van der Waals surface area contributed by atoms with Gasteiger partial charge in [0.05, 0.1) is 0 Å². The van der Waals surface area contributed by atoms with Crippen LogP contribution in [0, 0.1) is 12.8 Å². The first-order valence-electron chi connectivity index (χ1n) is 6.97. The number of nitrogens with one attached hydrogen (secondary N) is 1. The molecule has 0 radical (unpaired) electrons. The van der Waals surface area contributed by atoms with Crippen LogP contribution < -0.4 is 5.32 Å². The Morgan fingerprint density at radius 1 is 1.42 bits per heavy atom. The largest absolute Gasteiger partial charge is 0.396 e. The third-order valence-electron chi connectivity index (χ3n) is 4.02. The fourth-order valence-corrected chi connectivity index (χ4v) is 2.88. The Morgan fingerprint density at radius 2 is 2.26 bits per heavy atom. The number of pyridine rings is 1. The highest BCUT2D eigenvalue weighted by molar-refractivity contribution is 5.50. The number of aliphatic hydroxyl groups excluding tert-OH is 1. The molecule has 1 aliphatic carbocycles. The topological polar surface area (TPSA) is 62.5 Å². The molecule has 102 valence electrons. The van der Waals surface area contributed by atoms with E-state index in [0.29, 0.717) is 11.9 Å². The minimum atomic E-state index is 0.240. The lowest BCUT2D eigenvalue weighted by Gasteiger charge is -2.30. The third-order valence-corrected chi connectivity index (χ3v) is 4.02. The minimum absolute atomic E-state index is 0.240. The molecule has 3 rings (SSSR count). The predicted molar refractivity (Wildman–Crippen MR) is 74.2 cm³/mol. The lowest BCUT2D eigenvalue weighted by Crippen LogP contribution is -2.34. The van der Waals surface area contributed by atoms with Crippen molar-refractivity contribution in [3.05, 3.63) is 23.9 Å². The van der Waals surface area contributed by atoms with Gasteiger partial charge in [-0.25, -0.2) is 4.52 Å². The molecule has 5 heteroatoms. The first kappa shape index (κ1) is 12.4. The summed E-state index contributed by atoms with van der Waals surface area (Å²) in [5.41, 5.74) is 2.01. The van der Waals surface area contributed by atoms with Crippen LogP contribution in [0.5, 0.6) is 0 Å². The third kappa shape index (κ3) is 2.42. The molecule has 1 aliphatic rings. The molecule has 0 bridgehead atoms. The molecular formula is C14H20N4O. The average molecular weight is 260 g/mol. The number of hydrogen-bond acceptors (Lipinski definition) is 4. The zero-order chi connectivity index (χ0) is 13.2. The smallest absolute Gasteiger partial charge is 0.243 e. The van der Waals surface area contributed by atoms with E-state index in [1.165, 1.54) is 12.8 Å². The number of fused-ring (bicyclic) bond motifs is 1. The summed E-state index contributed by atoms with van der Waals surface area (Å²) in [5, 5.41) is 17.3.